The summed E-state index contributed by atoms with van der Waals surface area (Å²) in [6, 6.07) is 11.3. The van der Waals surface area contributed by atoms with E-state index in [1.807, 2.05) is 0 Å². The van der Waals surface area contributed by atoms with Gasteiger partial charge in [-0.05, 0) is 30.3 Å². The zero-order chi connectivity index (χ0) is 20.1. The molecule has 1 aliphatic heterocycles. The molecule has 5 nitrogen and oxygen atoms in total. The minimum Gasteiger partial charge on any atom is -0.340 e. The van der Waals surface area contributed by atoms with Crippen molar-refractivity contribution < 1.29 is 22.0 Å². The van der Waals surface area contributed by atoms with Gasteiger partial charge in [0, 0.05) is 43.2 Å². The Bertz CT molecular complexity index is 946. The van der Waals surface area contributed by atoms with Crippen LogP contribution in [0.3, 0.4) is 0 Å². The molecule has 2 aromatic rings. The van der Waals surface area contributed by atoms with Crippen LogP contribution in [0.4, 0.5) is 8.78 Å². The topological polar surface area (TPSA) is 57.7 Å². The van der Waals surface area contributed by atoms with Gasteiger partial charge in [-0.3, -0.25) is 4.79 Å². The summed E-state index contributed by atoms with van der Waals surface area (Å²) < 4.78 is 53.4. The van der Waals surface area contributed by atoms with Gasteiger partial charge >= 0.3 is 0 Å². The Morgan fingerprint density at radius 1 is 1.00 bits per heavy atom. The third kappa shape index (κ3) is 4.89. The fourth-order valence-electron chi connectivity index (χ4n) is 2.92. The van der Waals surface area contributed by atoms with E-state index in [0.29, 0.717) is 10.6 Å². The van der Waals surface area contributed by atoms with Crippen LogP contribution in [0.5, 0.6) is 0 Å². The second kappa shape index (κ2) is 9.02. The highest BCUT2D eigenvalue weighted by Crippen LogP contribution is 2.23. The third-order valence-corrected chi connectivity index (χ3v) is 7.38. The van der Waals surface area contributed by atoms with Crippen LogP contribution in [0.25, 0.3) is 0 Å². The van der Waals surface area contributed by atoms with Gasteiger partial charge in [0.2, 0.25) is 15.9 Å². The number of nitrogens with zero attached hydrogens (tertiary/aromatic N) is 2. The van der Waals surface area contributed by atoms with Crippen LogP contribution in [0.2, 0.25) is 0 Å². The van der Waals surface area contributed by atoms with Crippen molar-refractivity contribution in [2.24, 2.45) is 0 Å². The SMILES string of the molecule is O=C(CCSc1ccccc1F)N1CCN(S(=O)(=O)c2cccc(F)c2)CC1. The highest BCUT2D eigenvalue weighted by Gasteiger charge is 2.30. The molecule has 2 aromatic carbocycles. The van der Waals surface area contributed by atoms with Crippen LogP contribution in [0.1, 0.15) is 6.42 Å². The number of amides is 1. The Morgan fingerprint density at radius 2 is 1.71 bits per heavy atom. The first kappa shape index (κ1) is 20.8. The molecule has 1 aliphatic rings. The zero-order valence-electron chi connectivity index (χ0n) is 15.1. The third-order valence-electron chi connectivity index (χ3n) is 4.44. The maximum absolute atomic E-state index is 13.6. The van der Waals surface area contributed by atoms with Crippen molar-refractivity contribution >= 4 is 27.7 Å². The number of thioether (sulfide) groups is 1. The summed E-state index contributed by atoms with van der Waals surface area (Å²) >= 11 is 1.28. The van der Waals surface area contributed by atoms with Gasteiger partial charge in [-0.2, -0.15) is 4.31 Å². The molecule has 0 radical (unpaired) electrons. The van der Waals surface area contributed by atoms with E-state index in [0.717, 1.165) is 6.07 Å². The summed E-state index contributed by atoms with van der Waals surface area (Å²) in [5.41, 5.74) is 0. The lowest BCUT2D eigenvalue weighted by Gasteiger charge is -2.34. The van der Waals surface area contributed by atoms with Crippen molar-refractivity contribution in [1.82, 2.24) is 9.21 Å². The number of rotatable bonds is 6. The van der Waals surface area contributed by atoms with Gasteiger partial charge in [0.05, 0.1) is 4.90 Å². The number of hydrogen-bond donors (Lipinski definition) is 0. The van der Waals surface area contributed by atoms with Crippen molar-refractivity contribution in [1.29, 1.82) is 0 Å². The summed E-state index contributed by atoms with van der Waals surface area (Å²) in [5, 5.41) is 0. The molecule has 1 fully saturated rings. The number of carbonyl (C=O) groups excluding carboxylic acids is 1. The first-order valence-electron chi connectivity index (χ1n) is 8.79. The van der Waals surface area contributed by atoms with Crippen LogP contribution < -0.4 is 0 Å². The van der Waals surface area contributed by atoms with E-state index in [9.17, 15) is 22.0 Å². The monoisotopic (exact) mass is 426 g/mol. The second-order valence-electron chi connectivity index (χ2n) is 6.27. The minimum atomic E-state index is -3.78. The number of sulfonamides is 1. The first-order valence-corrected chi connectivity index (χ1v) is 11.2. The summed E-state index contributed by atoms with van der Waals surface area (Å²) in [6.45, 7) is 0.867. The summed E-state index contributed by atoms with van der Waals surface area (Å²) in [6.07, 6.45) is 0.246. The van der Waals surface area contributed by atoms with Crippen molar-refractivity contribution in [3.8, 4) is 0 Å². The lowest BCUT2D eigenvalue weighted by atomic mass is 10.3. The molecular formula is C19H20F2N2O3S2. The van der Waals surface area contributed by atoms with Crippen molar-refractivity contribution in [3.05, 3.63) is 60.2 Å². The first-order chi connectivity index (χ1) is 13.4. The summed E-state index contributed by atoms with van der Waals surface area (Å²) in [7, 11) is -3.78. The van der Waals surface area contributed by atoms with Gasteiger partial charge in [0.15, 0.2) is 0 Å². The zero-order valence-corrected chi connectivity index (χ0v) is 16.7. The van der Waals surface area contributed by atoms with Crippen LogP contribution in [0, 0.1) is 11.6 Å². The second-order valence-corrected chi connectivity index (χ2v) is 9.35. The van der Waals surface area contributed by atoms with E-state index in [1.165, 1.54) is 40.3 Å². The van der Waals surface area contributed by atoms with Crippen LogP contribution >= 0.6 is 11.8 Å². The molecule has 28 heavy (non-hydrogen) atoms. The molecule has 0 atom stereocenters. The van der Waals surface area contributed by atoms with E-state index >= 15 is 0 Å². The average Bonchev–Trinajstić information content (AvgIpc) is 2.69. The smallest absolute Gasteiger partial charge is 0.243 e. The van der Waals surface area contributed by atoms with Crippen LogP contribution in [-0.4, -0.2) is 55.5 Å². The highest BCUT2D eigenvalue weighted by atomic mass is 32.2. The van der Waals surface area contributed by atoms with Gasteiger partial charge < -0.3 is 4.90 Å². The molecule has 150 valence electrons. The Hall–Kier alpha value is -1.97. The molecule has 0 unspecified atom stereocenters. The average molecular weight is 427 g/mol. The van der Waals surface area contributed by atoms with Gasteiger partial charge in [-0.15, -0.1) is 11.8 Å². The van der Waals surface area contributed by atoms with Crippen molar-refractivity contribution in [3.63, 3.8) is 0 Å². The van der Waals surface area contributed by atoms with Gasteiger partial charge in [-0.1, -0.05) is 18.2 Å². The van der Waals surface area contributed by atoms with Gasteiger partial charge in [0.25, 0.3) is 0 Å². The quantitative estimate of drug-likeness (QED) is 0.667. The molecule has 0 aromatic heterocycles. The lowest BCUT2D eigenvalue weighted by molar-refractivity contribution is -0.131. The van der Waals surface area contributed by atoms with Gasteiger partial charge in [0.1, 0.15) is 11.6 Å². The molecule has 0 bridgehead atoms. The molecule has 1 saturated heterocycles. The lowest BCUT2D eigenvalue weighted by Crippen LogP contribution is -2.50. The molecular weight excluding hydrogens is 406 g/mol. The molecule has 3 rings (SSSR count). The normalized spacial score (nSPS) is 15.6. The van der Waals surface area contributed by atoms with Gasteiger partial charge in [-0.25, -0.2) is 17.2 Å². The molecule has 1 heterocycles. The summed E-state index contributed by atoms with van der Waals surface area (Å²) in [4.78, 5) is 14.4. The highest BCUT2D eigenvalue weighted by molar-refractivity contribution is 7.99. The van der Waals surface area contributed by atoms with E-state index in [4.69, 9.17) is 0 Å². The predicted octanol–water partition coefficient (Wildman–Crippen LogP) is 2.98. The maximum atomic E-state index is 13.6. The molecule has 0 N–H and O–H groups in total. The molecule has 9 heteroatoms. The number of halogens is 2. The molecule has 0 aliphatic carbocycles. The number of carbonyl (C=O) groups is 1. The Balaban J connectivity index is 1.50. The predicted molar refractivity (Wildman–Crippen MR) is 103 cm³/mol. The van der Waals surface area contributed by atoms with Crippen molar-refractivity contribution in [2.75, 3.05) is 31.9 Å². The van der Waals surface area contributed by atoms with Crippen molar-refractivity contribution in [2.45, 2.75) is 16.2 Å². The summed E-state index contributed by atoms with van der Waals surface area (Å²) in [5.74, 6) is -0.563. The Morgan fingerprint density at radius 3 is 2.39 bits per heavy atom. The van der Waals surface area contributed by atoms with Crippen LogP contribution in [0.15, 0.2) is 58.3 Å². The number of hydrogen-bond acceptors (Lipinski definition) is 4. The maximum Gasteiger partial charge on any atom is 0.243 e. The van der Waals surface area contributed by atoms with E-state index in [-0.39, 0.29) is 49.2 Å². The Kier molecular flexibility index (Phi) is 6.69. The number of benzene rings is 2. The fraction of sp³-hybridized carbons (Fsp3) is 0.316. The van der Waals surface area contributed by atoms with E-state index in [1.54, 1.807) is 23.1 Å². The largest absolute Gasteiger partial charge is 0.340 e. The minimum absolute atomic E-state index is 0.0893. The van der Waals surface area contributed by atoms with Crippen LogP contribution in [-0.2, 0) is 14.8 Å². The van der Waals surface area contributed by atoms with E-state index < -0.39 is 15.8 Å². The van der Waals surface area contributed by atoms with E-state index in [2.05, 4.69) is 0 Å². The number of piperazine rings is 1. The molecule has 1 amide bonds. The molecule has 0 spiro atoms. The Labute approximate surface area is 167 Å². The standard InChI is InChI=1S/C19H20F2N2O3S2/c20-15-4-3-5-16(14-15)28(25,26)23-11-9-22(10-12-23)19(24)8-13-27-18-7-2-1-6-17(18)21/h1-7,14H,8-13H2. The fourth-order valence-corrected chi connectivity index (χ4v) is 5.25. The molecule has 0 saturated carbocycles.